The summed E-state index contributed by atoms with van der Waals surface area (Å²) in [5, 5.41) is 14.9. The molecule has 1 aliphatic rings. The normalized spacial score (nSPS) is 21.2. The Bertz CT molecular complexity index is 518. The molecule has 2 atom stereocenters. The number of carbonyl (C=O) groups is 2. The number of hydrogen-bond acceptors (Lipinski definition) is 4. The quantitative estimate of drug-likeness (QED) is 0.724. The second kappa shape index (κ2) is 7.19. The van der Waals surface area contributed by atoms with Gasteiger partial charge in [0.2, 0.25) is 5.91 Å². The van der Waals surface area contributed by atoms with Crippen LogP contribution in [0.15, 0.2) is 24.3 Å². The first-order chi connectivity index (χ1) is 10.1. The summed E-state index contributed by atoms with van der Waals surface area (Å²) < 4.78 is 5.36. The van der Waals surface area contributed by atoms with Gasteiger partial charge in [-0.15, -0.1) is 0 Å². The van der Waals surface area contributed by atoms with Gasteiger partial charge >= 0.3 is 5.97 Å². The third-order valence-electron chi connectivity index (χ3n) is 3.43. The summed E-state index contributed by atoms with van der Waals surface area (Å²) >= 11 is 0. The Morgan fingerprint density at radius 3 is 2.90 bits per heavy atom. The zero-order valence-corrected chi connectivity index (χ0v) is 12.0. The topological polar surface area (TPSA) is 87.7 Å². The van der Waals surface area contributed by atoms with Gasteiger partial charge in [0.05, 0.1) is 25.6 Å². The van der Waals surface area contributed by atoms with Gasteiger partial charge in [-0.2, -0.15) is 0 Å². The molecule has 1 aromatic carbocycles. The maximum absolute atomic E-state index is 12.3. The lowest BCUT2D eigenvalue weighted by atomic mass is 10.0. The minimum Gasteiger partial charge on any atom is -0.481 e. The van der Waals surface area contributed by atoms with E-state index in [1.165, 1.54) is 0 Å². The Balaban J connectivity index is 2.00. The summed E-state index contributed by atoms with van der Waals surface area (Å²) in [7, 11) is 0. The number of nitrogens with one attached hydrogen (secondary N) is 2. The van der Waals surface area contributed by atoms with Crippen LogP contribution >= 0.6 is 0 Å². The van der Waals surface area contributed by atoms with E-state index in [9.17, 15) is 9.59 Å². The highest BCUT2D eigenvalue weighted by Gasteiger charge is 2.33. The van der Waals surface area contributed by atoms with Crippen LogP contribution in [0.25, 0.3) is 0 Å². The lowest BCUT2D eigenvalue weighted by Gasteiger charge is -2.18. The van der Waals surface area contributed by atoms with Crippen molar-refractivity contribution in [3.8, 4) is 0 Å². The van der Waals surface area contributed by atoms with Crippen molar-refractivity contribution in [2.75, 3.05) is 25.1 Å². The molecule has 21 heavy (non-hydrogen) atoms. The summed E-state index contributed by atoms with van der Waals surface area (Å²) in [6, 6.07) is 6.92. The van der Waals surface area contributed by atoms with Crippen LogP contribution in [0.1, 0.15) is 12.5 Å². The van der Waals surface area contributed by atoms with E-state index in [2.05, 4.69) is 10.6 Å². The zero-order valence-electron chi connectivity index (χ0n) is 12.0. The minimum atomic E-state index is -0.894. The van der Waals surface area contributed by atoms with E-state index in [1.807, 2.05) is 6.92 Å². The molecular formula is C15H20N2O4. The first-order valence-corrected chi connectivity index (χ1v) is 7.03. The standard InChI is InChI=1S/C15H20N2O4/c1-2-16-13-9-21-8-12(13)15(20)17-11-5-3-4-10(6-11)7-14(18)19/h3-6,12-13,16H,2,7-9H2,1H3,(H,17,20)(H,18,19). The van der Waals surface area contributed by atoms with Gasteiger partial charge in [0.25, 0.3) is 0 Å². The third kappa shape index (κ3) is 4.27. The van der Waals surface area contributed by atoms with E-state index in [1.54, 1.807) is 24.3 Å². The average Bonchev–Trinajstić information content (AvgIpc) is 2.87. The molecule has 3 N–H and O–H groups in total. The van der Waals surface area contributed by atoms with E-state index in [0.29, 0.717) is 24.5 Å². The van der Waals surface area contributed by atoms with E-state index in [4.69, 9.17) is 9.84 Å². The molecule has 1 heterocycles. The Kier molecular flexibility index (Phi) is 5.30. The molecule has 1 saturated heterocycles. The van der Waals surface area contributed by atoms with Crippen LogP contribution in [-0.2, 0) is 20.7 Å². The highest BCUT2D eigenvalue weighted by atomic mass is 16.5. The van der Waals surface area contributed by atoms with Gasteiger partial charge in [0, 0.05) is 11.7 Å². The molecule has 0 bridgehead atoms. The van der Waals surface area contributed by atoms with Crippen LogP contribution < -0.4 is 10.6 Å². The van der Waals surface area contributed by atoms with Gasteiger partial charge in [-0.3, -0.25) is 9.59 Å². The second-order valence-electron chi connectivity index (χ2n) is 5.07. The Morgan fingerprint density at radius 2 is 2.19 bits per heavy atom. The van der Waals surface area contributed by atoms with Gasteiger partial charge in [0.1, 0.15) is 0 Å². The molecule has 114 valence electrons. The minimum absolute atomic E-state index is 0.0252. The molecule has 6 nitrogen and oxygen atoms in total. The van der Waals surface area contributed by atoms with Crippen molar-refractivity contribution in [2.24, 2.45) is 5.92 Å². The van der Waals surface area contributed by atoms with Crippen molar-refractivity contribution in [1.82, 2.24) is 5.32 Å². The molecule has 1 aliphatic heterocycles. The number of aliphatic carboxylic acids is 1. The van der Waals surface area contributed by atoms with Crippen molar-refractivity contribution in [2.45, 2.75) is 19.4 Å². The molecule has 0 radical (unpaired) electrons. The number of likely N-dealkylation sites (N-methyl/N-ethyl adjacent to an activating group) is 1. The second-order valence-corrected chi connectivity index (χ2v) is 5.07. The largest absolute Gasteiger partial charge is 0.481 e. The average molecular weight is 292 g/mol. The number of benzene rings is 1. The molecular weight excluding hydrogens is 272 g/mol. The fourth-order valence-electron chi connectivity index (χ4n) is 2.44. The Morgan fingerprint density at radius 1 is 1.38 bits per heavy atom. The predicted molar refractivity (Wildman–Crippen MR) is 78.2 cm³/mol. The van der Waals surface area contributed by atoms with Crippen LogP contribution in [0.4, 0.5) is 5.69 Å². The smallest absolute Gasteiger partial charge is 0.307 e. The van der Waals surface area contributed by atoms with Crippen molar-refractivity contribution in [3.63, 3.8) is 0 Å². The summed E-state index contributed by atoms with van der Waals surface area (Å²) in [4.78, 5) is 23.0. The molecule has 6 heteroatoms. The number of carbonyl (C=O) groups excluding carboxylic acids is 1. The number of rotatable bonds is 6. The van der Waals surface area contributed by atoms with Crippen molar-refractivity contribution >= 4 is 17.6 Å². The van der Waals surface area contributed by atoms with Crippen LogP contribution in [0.2, 0.25) is 0 Å². The fraction of sp³-hybridized carbons (Fsp3) is 0.467. The third-order valence-corrected chi connectivity index (χ3v) is 3.43. The first-order valence-electron chi connectivity index (χ1n) is 7.03. The summed E-state index contributed by atoms with van der Waals surface area (Å²) in [6.45, 7) is 3.71. The fourth-order valence-corrected chi connectivity index (χ4v) is 2.44. The van der Waals surface area contributed by atoms with Crippen LogP contribution in [-0.4, -0.2) is 42.8 Å². The van der Waals surface area contributed by atoms with Crippen molar-refractivity contribution in [3.05, 3.63) is 29.8 Å². The number of hydrogen-bond donors (Lipinski definition) is 3. The Labute approximate surface area is 123 Å². The molecule has 1 aromatic rings. The van der Waals surface area contributed by atoms with E-state index >= 15 is 0 Å². The predicted octanol–water partition coefficient (Wildman–Crippen LogP) is 0.877. The number of carboxylic acid groups (broad SMARTS) is 1. The van der Waals surface area contributed by atoms with E-state index < -0.39 is 5.97 Å². The highest BCUT2D eigenvalue weighted by Crippen LogP contribution is 2.18. The van der Waals surface area contributed by atoms with E-state index in [-0.39, 0.29) is 24.3 Å². The lowest BCUT2D eigenvalue weighted by Crippen LogP contribution is -2.41. The summed E-state index contributed by atoms with van der Waals surface area (Å²) in [5.41, 5.74) is 1.27. The van der Waals surface area contributed by atoms with Crippen molar-refractivity contribution in [1.29, 1.82) is 0 Å². The van der Waals surface area contributed by atoms with Gasteiger partial charge in [-0.05, 0) is 24.2 Å². The number of ether oxygens (including phenoxy) is 1. The maximum Gasteiger partial charge on any atom is 0.307 e. The van der Waals surface area contributed by atoms with Crippen molar-refractivity contribution < 1.29 is 19.4 Å². The maximum atomic E-state index is 12.3. The molecule has 0 spiro atoms. The van der Waals surface area contributed by atoms with Crippen LogP contribution in [0.5, 0.6) is 0 Å². The molecule has 2 unspecified atom stereocenters. The monoisotopic (exact) mass is 292 g/mol. The van der Waals surface area contributed by atoms with Crippen LogP contribution in [0, 0.1) is 5.92 Å². The van der Waals surface area contributed by atoms with Gasteiger partial charge in [-0.25, -0.2) is 0 Å². The summed E-state index contributed by atoms with van der Waals surface area (Å²) in [6.07, 6.45) is -0.0593. The first kappa shape index (κ1) is 15.5. The summed E-state index contributed by atoms with van der Waals surface area (Å²) in [5.74, 6) is -1.23. The van der Waals surface area contributed by atoms with Gasteiger partial charge in [0.15, 0.2) is 0 Å². The molecule has 0 aromatic heterocycles. The molecule has 1 fully saturated rings. The number of amides is 1. The number of anilines is 1. The SMILES string of the molecule is CCNC1COCC1C(=O)Nc1cccc(CC(=O)O)c1. The molecule has 1 amide bonds. The number of carboxylic acids is 1. The van der Waals surface area contributed by atoms with Gasteiger partial charge in [-0.1, -0.05) is 19.1 Å². The Hall–Kier alpha value is -1.92. The molecule has 0 aliphatic carbocycles. The zero-order chi connectivity index (χ0) is 15.2. The molecule has 0 saturated carbocycles. The van der Waals surface area contributed by atoms with Crippen LogP contribution in [0.3, 0.4) is 0 Å². The lowest BCUT2D eigenvalue weighted by molar-refractivity contribution is -0.136. The highest BCUT2D eigenvalue weighted by molar-refractivity contribution is 5.93. The van der Waals surface area contributed by atoms with Gasteiger partial charge < -0.3 is 20.5 Å². The molecule has 2 rings (SSSR count). The van der Waals surface area contributed by atoms with E-state index in [0.717, 1.165) is 6.54 Å².